The zero-order chi connectivity index (χ0) is 14.7. The summed E-state index contributed by atoms with van der Waals surface area (Å²) in [5, 5.41) is 0. The summed E-state index contributed by atoms with van der Waals surface area (Å²) >= 11 is 0. The van der Waals surface area contributed by atoms with Crippen LogP contribution < -0.4 is 5.73 Å². The second kappa shape index (κ2) is 5.88. The maximum absolute atomic E-state index is 5.74. The summed E-state index contributed by atoms with van der Waals surface area (Å²) in [6.45, 7) is 3.95. The van der Waals surface area contributed by atoms with Crippen LogP contribution in [0.4, 0.5) is 0 Å². The lowest BCUT2D eigenvalue weighted by Crippen LogP contribution is -2.16. The van der Waals surface area contributed by atoms with Crippen LogP contribution in [0, 0.1) is 0 Å². The Morgan fingerprint density at radius 3 is 2.48 bits per heavy atom. The van der Waals surface area contributed by atoms with Crippen molar-refractivity contribution in [2.75, 3.05) is 0 Å². The van der Waals surface area contributed by atoms with Crippen LogP contribution in [0.25, 0.3) is 11.1 Å². The molecule has 2 N–H and O–H groups in total. The second-order valence-electron chi connectivity index (χ2n) is 5.26. The first kappa shape index (κ1) is 13.5. The van der Waals surface area contributed by atoms with Crippen LogP contribution in [-0.4, -0.2) is 4.90 Å². The predicted molar refractivity (Wildman–Crippen MR) is 88.2 cm³/mol. The lowest BCUT2D eigenvalue weighted by Gasteiger charge is -2.26. The smallest absolute Gasteiger partial charge is 0.0592 e. The third kappa shape index (κ3) is 2.45. The van der Waals surface area contributed by atoms with Gasteiger partial charge in [0.15, 0.2) is 0 Å². The van der Waals surface area contributed by atoms with Crippen molar-refractivity contribution in [2.45, 2.75) is 18.9 Å². The highest BCUT2D eigenvalue weighted by molar-refractivity contribution is 5.68. The minimum Gasteiger partial charge on any atom is -0.403 e. The number of likely N-dealkylation sites (tertiary alicyclic amines) is 1. The number of hydrogen-bond donors (Lipinski definition) is 1. The van der Waals surface area contributed by atoms with Crippen LogP contribution in [-0.2, 0) is 0 Å². The maximum Gasteiger partial charge on any atom is 0.0592 e. The quantitative estimate of drug-likeness (QED) is 0.898. The van der Waals surface area contributed by atoms with E-state index in [1.165, 1.54) is 16.7 Å². The summed E-state index contributed by atoms with van der Waals surface area (Å²) in [6.07, 6.45) is 5.65. The fourth-order valence-corrected chi connectivity index (χ4v) is 3.14. The fourth-order valence-electron chi connectivity index (χ4n) is 3.14. The van der Waals surface area contributed by atoms with Crippen molar-refractivity contribution in [1.82, 2.24) is 4.90 Å². The van der Waals surface area contributed by atoms with Gasteiger partial charge in [-0.2, -0.15) is 0 Å². The van der Waals surface area contributed by atoms with Crippen molar-refractivity contribution in [3.63, 3.8) is 0 Å². The topological polar surface area (TPSA) is 29.3 Å². The van der Waals surface area contributed by atoms with Crippen LogP contribution in [0.15, 0.2) is 79.3 Å². The van der Waals surface area contributed by atoms with Crippen LogP contribution in [0.2, 0.25) is 0 Å². The van der Waals surface area contributed by atoms with E-state index in [0.29, 0.717) is 6.04 Å². The van der Waals surface area contributed by atoms with Gasteiger partial charge in [-0.05, 0) is 35.7 Å². The highest BCUT2D eigenvalue weighted by atomic mass is 15.2. The summed E-state index contributed by atoms with van der Waals surface area (Å²) in [7, 11) is 0. The van der Waals surface area contributed by atoms with E-state index in [9.17, 15) is 0 Å². The SMILES string of the molecule is C=CN1/C(=C\N)CCC1c1ccccc1-c1ccccc1. The Labute approximate surface area is 126 Å². The van der Waals surface area contributed by atoms with Gasteiger partial charge in [-0.25, -0.2) is 0 Å². The molecular weight excluding hydrogens is 256 g/mol. The number of nitrogens with two attached hydrogens (primary N) is 1. The van der Waals surface area contributed by atoms with Crippen molar-refractivity contribution >= 4 is 0 Å². The molecule has 0 aliphatic carbocycles. The number of nitrogens with zero attached hydrogens (tertiary/aromatic N) is 1. The average Bonchev–Trinajstić information content (AvgIpc) is 2.98. The Kier molecular flexibility index (Phi) is 3.78. The molecular formula is C19H20N2. The fraction of sp³-hybridized carbons (Fsp3) is 0.158. The summed E-state index contributed by atoms with van der Waals surface area (Å²) < 4.78 is 0. The lowest BCUT2D eigenvalue weighted by molar-refractivity contribution is 0.403. The maximum atomic E-state index is 5.74. The van der Waals surface area contributed by atoms with Gasteiger partial charge in [0, 0.05) is 11.9 Å². The third-order valence-corrected chi connectivity index (χ3v) is 4.14. The molecule has 0 amide bonds. The van der Waals surface area contributed by atoms with Crippen molar-refractivity contribution in [2.24, 2.45) is 5.73 Å². The molecule has 0 aromatic heterocycles. The van der Waals surface area contributed by atoms with Gasteiger partial charge in [-0.1, -0.05) is 61.2 Å². The molecule has 2 aromatic carbocycles. The molecule has 0 spiro atoms. The number of allylic oxidation sites excluding steroid dienone is 1. The van der Waals surface area contributed by atoms with E-state index >= 15 is 0 Å². The Hall–Kier alpha value is -2.48. The molecule has 1 atom stereocenters. The molecule has 1 saturated heterocycles. The Morgan fingerprint density at radius 1 is 1.05 bits per heavy atom. The molecule has 1 aliphatic rings. The molecule has 106 valence electrons. The van der Waals surface area contributed by atoms with Gasteiger partial charge < -0.3 is 10.6 Å². The van der Waals surface area contributed by atoms with Crippen molar-refractivity contribution in [1.29, 1.82) is 0 Å². The third-order valence-electron chi connectivity index (χ3n) is 4.14. The van der Waals surface area contributed by atoms with Gasteiger partial charge in [-0.3, -0.25) is 0 Å². The Morgan fingerprint density at radius 2 is 1.76 bits per heavy atom. The molecule has 2 aromatic rings. The molecule has 1 heterocycles. The van der Waals surface area contributed by atoms with Crippen molar-refractivity contribution in [3.8, 4) is 11.1 Å². The molecule has 0 bridgehead atoms. The molecule has 21 heavy (non-hydrogen) atoms. The summed E-state index contributed by atoms with van der Waals surface area (Å²) in [6, 6.07) is 19.4. The largest absolute Gasteiger partial charge is 0.403 e. The Bertz CT molecular complexity index is 658. The van der Waals surface area contributed by atoms with Crippen LogP contribution in [0.1, 0.15) is 24.4 Å². The van der Waals surface area contributed by atoms with E-state index in [-0.39, 0.29) is 0 Å². The van der Waals surface area contributed by atoms with E-state index in [1.807, 2.05) is 12.3 Å². The van der Waals surface area contributed by atoms with E-state index in [1.54, 1.807) is 6.20 Å². The first-order chi connectivity index (χ1) is 10.3. The van der Waals surface area contributed by atoms with Crippen LogP contribution >= 0.6 is 0 Å². The zero-order valence-electron chi connectivity index (χ0n) is 12.1. The molecule has 0 saturated carbocycles. The first-order valence-corrected chi connectivity index (χ1v) is 7.31. The highest BCUT2D eigenvalue weighted by Gasteiger charge is 2.28. The van der Waals surface area contributed by atoms with Gasteiger partial charge in [0.05, 0.1) is 6.04 Å². The molecule has 2 heteroatoms. The molecule has 2 nitrogen and oxygen atoms in total. The van der Waals surface area contributed by atoms with E-state index < -0.39 is 0 Å². The van der Waals surface area contributed by atoms with Crippen LogP contribution in [0.3, 0.4) is 0 Å². The van der Waals surface area contributed by atoms with Gasteiger partial charge in [0.1, 0.15) is 0 Å². The molecule has 1 unspecified atom stereocenters. The van der Waals surface area contributed by atoms with Gasteiger partial charge in [0.25, 0.3) is 0 Å². The van der Waals surface area contributed by atoms with Crippen molar-refractivity contribution < 1.29 is 0 Å². The predicted octanol–water partition coefficient (Wildman–Crippen LogP) is 4.43. The first-order valence-electron chi connectivity index (χ1n) is 7.31. The van der Waals surface area contributed by atoms with Crippen LogP contribution in [0.5, 0.6) is 0 Å². The highest BCUT2D eigenvalue weighted by Crippen LogP contribution is 2.41. The lowest BCUT2D eigenvalue weighted by atomic mass is 9.94. The normalized spacial score (nSPS) is 19.9. The zero-order valence-corrected chi connectivity index (χ0v) is 12.1. The van der Waals surface area contributed by atoms with E-state index in [4.69, 9.17) is 5.73 Å². The van der Waals surface area contributed by atoms with Crippen molar-refractivity contribution in [3.05, 3.63) is 84.8 Å². The van der Waals surface area contributed by atoms with E-state index in [0.717, 1.165) is 18.5 Å². The second-order valence-corrected chi connectivity index (χ2v) is 5.26. The van der Waals surface area contributed by atoms with Gasteiger partial charge in [-0.15, -0.1) is 0 Å². The number of rotatable bonds is 3. The summed E-state index contributed by atoms with van der Waals surface area (Å²) in [4.78, 5) is 2.20. The minimum atomic E-state index is 0.314. The minimum absolute atomic E-state index is 0.314. The number of benzene rings is 2. The monoisotopic (exact) mass is 276 g/mol. The van der Waals surface area contributed by atoms with Gasteiger partial charge in [0.2, 0.25) is 0 Å². The molecule has 3 rings (SSSR count). The summed E-state index contributed by atoms with van der Waals surface area (Å²) in [5.74, 6) is 0. The summed E-state index contributed by atoms with van der Waals surface area (Å²) in [5.41, 5.74) is 10.8. The number of hydrogen-bond acceptors (Lipinski definition) is 2. The molecule has 0 radical (unpaired) electrons. The molecule has 1 aliphatic heterocycles. The Balaban J connectivity index is 2.06. The standard InChI is InChI=1S/C19H20N2/c1-2-21-16(14-20)12-13-19(21)18-11-7-6-10-17(18)15-8-4-3-5-9-15/h2-11,14,19H,1,12-13,20H2/b16-14-. The molecule has 1 fully saturated rings. The van der Waals surface area contributed by atoms with E-state index in [2.05, 4.69) is 60.0 Å². The van der Waals surface area contributed by atoms with Gasteiger partial charge >= 0.3 is 0 Å². The average molecular weight is 276 g/mol.